The Morgan fingerprint density at radius 1 is 0.962 bits per heavy atom. The van der Waals surface area contributed by atoms with E-state index >= 15 is 0 Å². The summed E-state index contributed by atoms with van der Waals surface area (Å²) in [6.45, 7) is 2.12. The fourth-order valence-corrected chi connectivity index (χ4v) is 2.42. The van der Waals surface area contributed by atoms with Crippen LogP contribution in [-0.2, 0) is 6.42 Å². The van der Waals surface area contributed by atoms with Crippen LogP contribution in [0.5, 0.6) is 0 Å². The highest BCUT2D eigenvalue weighted by Gasteiger charge is 2.08. The lowest BCUT2D eigenvalue weighted by molar-refractivity contribution is 0.102. The van der Waals surface area contributed by atoms with E-state index in [-0.39, 0.29) is 5.91 Å². The molecule has 3 rings (SSSR count). The number of amides is 1. The zero-order valence-electron chi connectivity index (χ0n) is 14.4. The molecule has 1 heterocycles. The van der Waals surface area contributed by atoms with E-state index < -0.39 is 0 Å². The number of hydrogen-bond acceptors (Lipinski definition) is 4. The Bertz CT molecular complexity index is 924. The van der Waals surface area contributed by atoms with Gasteiger partial charge in [-0.2, -0.15) is 5.26 Å². The second-order valence-electron chi connectivity index (χ2n) is 5.75. The Morgan fingerprint density at radius 3 is 2.19 bits per heavy atom. The third-order valence-electron chi connectivity index (χ3n) is 3.92. The number of benzene rings is 2. The quantitative estimate of drug-likeness (QED) is 0.715. The van der Waals surface area contributed by atoms with Crippen molar-refractivity contribution in [3.63, 3.8) is 0 Å². The van der Waals surface area contributed by atoms with E-state index in [0.717, 1.165) is 17.8 Å². The molecule has 1 amide bonds. The largest absolute Gasteiger partial charge is 0.354 e. The van der Waals surface area contributed by atoms with E-state index in [0.29, 0.717) is 16.9 Å². The number of nitrogens with one attached hydrogen (secondary N) is 2. The van der Waals surface area contributed by atoms with Crippen LogP contribution in [0.1, 0.15) is 28.5 Å². The second-order valence-corrected chi connectivity index (χ2v) is 5.75. The molecular weight excluding hydrogens is 324 g/mol. The van der Waals surface area contributed by atoms with Gasteiger partial charge in [0.15, 0.2) is 0 Å². The lowest BCUT2D eigenvalue weighted by atomic mass is 10.1. The summed E-state index contributed by atoms with van der Waals surface area (Å²) in [7, 11) is 0. The summed E-state index contributed by atoms with van der Waals surface area (Å²) >= 11 is 0. The molecule has 0 aliphatic carbocycles. The van der Waals surface area contributed by atoms with Crippen LogP contribution in [0.15, 0.2) is 66.9 Å². The van der Waals surface area contributed by atoms with E-state index in [9.17, 15) is 4.79 Å². The molecule has 0 bridgehead atoms. The lowest BCUT2D eigenvalue weighted by Gasteiger charge is -2.08. The number of carbonyl (C=O) groups is 1. The zero-order chi connectivity index (χ0) is 18.4. The van der Waals surface area contributed by atoms with Gasteiger partial charge in [-0.05, 0) is 60.5 Å². The number of pyridine rings is 1. The van der Waals surface area contributed by atoms with Gasteiger partial charge in [-0.25, -0.2) is 4.98 Å². The molecule has 1 aromatic heterocycles. The van der Waals surface area contributed by atoms with Crippen molar-refractivity contribution >= 4 is 23.0 Å². The van der Waals surface area contributed by atoms with Crippen LogP contribution in [0.25, 0.3) is 0 Å². The average molecular weight is 342 g/mol. The van der Waals surface area contributed by atoms with Crippen molar-refractivity contribution in [2.75, 3.05) is 10.6 Å². The molecule has 5 nitrogen and oxygen atoms in total. The molecule has 0 spiro atoms. The maximum atomic E-state index is 12.2. The summed E-state index contributed by atoms with van der Waals surface area (Å²) in [6.07, 6.45) is 2.63. The summed E-state index contributed by atoms with van der Waals surface area (Å²) in [5, 5.41) is 14.8. The van der Waals surface area contributed by atoms with Gasteiger partial charge in [0.05, 0.1) is 23.5 Å². The predicted octanol–water partition coefficient (Wildman–Crippen LogP) is 4.51. The highest BCUT2D eigenvalue weighted by Crippen LogP contribution is 2.17. The third-order valence-corrected chi connectivity index (χ3v) is 3.92. The molecule has 3 aromatic rings. The minimum Gasteiger partial charge on any atom is -0.354 e. The number of rotatable bonds is 5. The molecule has 0 unspecified atom stereocenters. The highest BCUT2D eigenvalue weighted by atomic mass is 16.1. The number of hydrogen-bond donors (Lipinski definition) is 2. The molecule has 0 atom stereocenters. The van der Waals surface area contributed by atoms with Crippen molar-refractivity contribution in [1.29, 1.82) is 5.26 Å². The molecule has 0 saturated heterocycles. The first-order valence-corrected chi connectivity index (χ1v) is 8.31. The van der Waals surface area contributed by atoms with E-state index in [1.165, 1.54) is 5.56 Å². The molecule has 0 aliphatic heterocycles. The van der Waals surface area contributed by atoms with Crippen molar-refractivity contribution in [1.82, 2.24) is 4.98 Å². The first kappa shape index (κ1) is 17.2. The number of nitriles is 1. The van der Waals surface area contributed by atoms with Gasteiger partial charge in [-0.15, -0.1) is 0 Å². The number of anilines is 3. The summed E-state index contributed by atoms with van der Waals surface area (Å²) < 4.78 is 0. The molecule has 2 aromatic carbocycles. The minimum atomic E-state index is -0.298. The van der Waals surface area contributed by atoms with Crippen LogP contribution in [0.4, 0.5) is 17.1 Å². The van der Waals surface area contributed by atoms with Crippen molar-refractivity contribution < 1.29 is 4.79 Å². The second kappa shape index (κ2) is 7.95. The molecule has 0 saturated carbocycles. The number of nitrogens with zero attached hydrogens (tertiary/aromatic N) is 2. The smallest absolute Gasteiger partial charge is 0.274 e. The average Bonchev–Trinajstić information content (AvgIpc) is 2.69. The number of aryl methyl sites for hydroxylation is 1. The van der Waals surface area contributed by atoms with Gasteiger partial charge in [0.25, 0.3) is 5.91 Å². The number of aromatic nitrogens is 1. The summed E-state index contributed by atoms with van der Waals surface area (Å²) in [5.41, 5.74) is 4.55. The fraction of sp³-hybridized carbons (Fsp3) is 0.0952. The van der Waals surface area contributed by atoms with Gasteiger partial charge in [0.1, 0.15) is 5.69 Å². The highest BCUT2D eigenvalue weighted by molar-refractivity contribution is 6.03. The molecular formula is C21H18N4O. The maximum absolute atomic E-state index is 12.2. The van der Waals surface area contributed by atoms with E-state index in [4.69, 9.17) is 5.26 Å². The van der Waals surface area contributed by atoms with Gasteiger partial charge in [-0.3, -0.25) is 4.79 Å². The van der Waals surface area contributed by atoms with Crippen LogP contribution < -0.4 is 10.6 Å². The van der Waals surface area contributed by atoms with Gasteiger partial charge in [0, 0.05) is 11.4 Å². The molecule has 128 valence electrons. The monoisotopic (exact) mass is 342 g/mol. The lowest BCUT2D eigenvalue weighted by Crippen LogP contribution is -2.13. The molecule has 0 aliphatic rings. The maximum Gasteiger partial charge on any atom is 0.274 e. The van der Waals surface area contributed by atoms with E-state index in [1.807, 2.05) is 24.3 Å². The molecule has 26 heavy (non-hydrogen) atoms. The SMILES string of the molecule is CCc1ccc(Nc2ccc(C(=O)Nc3ccc(C#N)cc3)nc2)cc1. The minimum absolute atomic E-state index is 0.298. The fourth-order valence-electron chi connectivity index (χ4n) is 2.42. The van der Waals surface area contributed by atoms with Crippen LogP contribution >= 0.6 is 0 Å². The van der Waals surface area contributed by atoms with Crippen molar-refractivity contribution in [2.45, 2.75) is 13.3 Å². The Labute approximate surface area is 152 Å². The Kier molecular flexibility index (Phi) is 5.25. The van der Waals surface area contributed by atoms with E-state index in [1.54, 1.807) is 36.5 Å². The topological polar surface area (TPSA) is 77.8 Å². The normalized spacial score (nSPS) is 10.0. The van der Waals surface area contributed by atoms with Crippen molar-refractivity contribution in [2.24, 2.45) is 0 Å². The Morgan fingerprint density at radius 2 is 1.62 bits per heavy atom. The van der Waals surface area contributed by atoms with Crippen molar-refractivity contribution in [3.05, 3.63) is 83.7 Å². The molecule has 0 fully saturated rings. The van der Waals surface area contributed by atoms with Crippen LogP contribution in [0, 0.1) is 11.3 Å². The van der Waals surface area contributed by atoms with Gasteiger partial charge in [0.2, 0.25) is 0 Å². The Hall–Kier alpha value is -3.65. The first-order valence-electron chi connectivity index (χ1n) is 8.31. The summed E-state index contributed by atoms with van der Waals surface area (Å²) in [4.78, 5) is 16.5. The summed E-state index contributed by atoms with van der Waals surface area (Å²) in [6, 6.07) is 20.4. The van der Waals surface area contributed by atoms with Gasteiger partial charge >= 0.3 is 0 Å². The van der Waals surface area contributed by atoms with Crippen molar-refractivity contribution in [3.8, 4) is 6.07 Å². The molecule has 5 heteroatoms. The molecule has 0 radical (unpaired) electrons. The Balaban J connectivity index is 1.64. The third kappa shape index (κ3) is 4.25. The standard InChI is InChI=1S/C21H18N4O/c1-2-15-3-7-17(8-4-15)24-19-11-12-20(23-14-19)21(26)25-18-9-5-16(13-22)6-10-18/h3-12,14,24H,2H2,1H3,(H,25,26). The van der Waals surface area contributed by atoms with Gasteiger partial charge in [-0.1, -0.05) is 19.1 Å². The first-order chi connectivity index (χ1) is 12.7. The van der Waals surface area contributed by atoms with Crippen LogP contribution in [-0.4, -0.2) is 10.9 Å². The van der Waals surface area contributed by atoms with Crippen LogP contribution in [0.2, 0.25) is 0 Å². The zero-order valence-corrected chi connectivity index (χ0v) is 14.4. The summed E-state index contributed by atoms with van der Waals surface area (Å²) in [5.74, 6) is -0.298. The van der Waals surface area contributed by atoms with Gasteiger partial charge < -0.3 is 10.6 Å². The van der Waals surface area contributed by atoms with Crippen LogP contribution in [0.3, 0.4) is 0 Å². The van der Waals surface area contributed by atoms with E-state index in [2.05, 4.69) is 34.7 Å². The molecule has 2 N–H and O–H groups in total. The predicted molar refractivity (Wildman–Crippen MR) is 102 cm³/mol. The number of carbonyl (C=O) groups excluding carboxylic acids is 1.